The highest BCUT2D eigenvalue weighted by atomic mass is 32.1. The molecule has 0 spiro atoms. The molecule has 2 aromatic rings. The number of ether oxygens (including phenoxy) is 3. The largest absolute Gasteiger partial charge is 0.497 e. The van der Waals surface area contributed by atoms with E-state index in [4.69, 9.17) is 14.2 Å². The third-order valence-corrected chi connectivity index (χ3v) is 3.49. The van der Waals surface area contributed by atoms with Crippen LogP contribution in [0.4, 0.5) is 0 Å². The van der Waals surface area contributed by atoms with Crippen LogP contribution in [0.2, 0.25) is 0 Å². The van der Waals surface area contributed by atoms with Crippen LogP contribution in [0, 0.1) is 0 Å². The van der Waals surface area contributed by atoms with Crippen LogP contribution in [0.3, 0.4) is 0 Å². The molecule has 18 heavy (non-hydrogen) atoms. The Morgan fingerprint density at radius 2 is 1.94 bits per heavy atom. The van der Waals surface area contributed by atoms with E-state index >= 15 is 0 Å². The first-order chi connectivity index (χ1) is 8.78. The Morgan fingerprint density at radius 1 is 1.22 bits per heavy atom. The Morgan fingerprint density at radius 3 is 2.56 bits per heavy atom. The second kappa shape index (κ2) is 6.13. The third kappa shape index (κ3) is 2.80. The molecule has 1 aromatic heterocycles. The fraction of sp³-hybridized carbons (Fsp3) is 0.462. The topological polar surface area (TPSA) is 40.6 Å². The van der Waals surface area contributed by atoms with Gasteiger partial charge in [-0.05, 0) is 32.0 Å². The smallest absolute Gasteiger partial charge is 0.210 e. The SMILES string of the molecule is CCOC(OCC)c1nc2ccc(OC)cc2s1. The van der Waals surface area contributed by atoms with E-state index in [1.165, 1.54) is 0 Å². The molecule has 0 amide bonds. The molecule has 0 N–H and O–H groups in total. The van der Waals surface area contributed by atoms with E-state index in [9.17, 15) is 0 Å². The summed E-state index contributed by atoms with van der Waals surface area (Å²) in [5.41, 5.74) is 0.945. The molecule has 0 aliphatic rings. The van der Waals surface area contributed by atoms with Crippen molar-refractivity contribution in [2.45, 2.75) is 20.1 Å². The molecule has 0 atom stereocenters. The molecule has 5 heteroatoms. The zero-order valence-electron chi connectivity index (χ0n) is 10.8. The van der Waals surface area contributed by atoms with Crippen molar-refractivity contribution in [3.05, 3.63) is 23.2 Å². The van der Waals surface area contributed by atoms with Gasteiger partial charge >= 0.3 is 0 Å². The molecular formula is C13H17NO3S. The number of hydrogen-bond donors (Lipinski definition) is 0. The van der Waals surface area contributed by atoms with Gasteiger partial charge in [-0.1, -0.05) is 0 Å². The number of benzene rings is 1. The normalized spacial score (nSPS) is 11.3. The van der Waals surface area contributed by atoms with Crippen molar-refractivity contribution in [1.29, 1.82) is 0 Å². The first-order valence-corrected chi connectivity index (χ1v) is 6.77. The summed E-state index contributed by atoms with van der Waals surface area (Å²) in [6.45, 7) is 5.10. The maximum Gasteiger partial charge on any atom is 0.210 e. The molecule has 98 valence electrons. The van der Waals surface area contributed by atoms with E-state index in [1.54, 1.807) is 18.4 Å². The monoisotopic (exact) mass is 267 g/mol. The van der Waals surface area contributed by atoms with Crippen molar-refractivity contribution in [2.24, 2.45) is 0 Å². The molecule has 1 heterocycles. The lowest BCUT2D eigenvalue weighted by Crippen LogP contribution is -2.08. The number of methoxy groups -OCH3 is 1. The van der Waals surface area contributed by atoms with Crippen LogP contribution in [0.5, 0.6) is 5.75 Å². The van der Waals surface area contributed by atoms with E-state index in [-0.39, 0.29) is 6.29 Å². The van der Waals surface area contributed by atoms with Crippen LogP contribution in [-0.4, -0.2) is 25.3 Å². The lowest BCUT2D eigenvalue weighted by molar-refractivity contribution is -0.140. The number of aromatic nitrogens is 1. The average Bonchev–Trinajstić information content (AvgIpc) is 2.81. The number of thiazole rings is 1. The van der Waals surface area contributed by atoms with Crippen LogP contribution in [-0.2, 0) is 9.47 Å². The zero-order chi connectivity index (χ0) is 13.0. The molecule has 2 rings (SSSR count). The van der Waals surface area contributed by atoms with Gasteiger partial charge in [-0.15, -0.1) is 11.3 Å². The van der Waals surface area contributed by atoms with Gasteiger partial charge < -0.3 is 14.2 Å². The highest BCUT2D eigenvalue weighted by Gasteiger charge is 2.16. The predicted octanol–water partition coefficient (Wildman–Crippen LogP) is 3.38. The highest BCUT2D eigenvalue weighted by molar-refractivity contribution is 7.18. The molecule has 0 aliphatic heterocycles. The van der Waals surface area contributed by atoms with E-state index in [1.807, 2.05) is 32.0 Å². The van der Waals surface area contributed by atoms with Crippen LogP contribution >= 0.6 is 11.3 Å². The summed E-state index contributed by atoms with van der Waals surface area (Å²) in [6.07, 6.45) is -0.372. The Balaban J connectivity index is 2.32. The van der Waals surface area contributed by atoms with Gasteiger partial charge in [0.2, 0.25) is 6.29 Å². The second-order valence-electron chi connectivity index (χ2n) is 3.63. The summed E-state index contributed by atoms with van der Waals surface area (Å²) < 4.78 is 17.4. The Hall–Kier alpha value is -1.17. The van der Waals surface area contributed by atoms with Gasteiger partial charge in [0.1, 0.15) is 5.75 Å². The van der Waals surface area contributed by atoms with Gasteiger partial charge in [0.15, 0.2) is 5.01 Å². The van der Waals surface area contributed by atoms with E-state index < -0.39 is 0 Å². The van der Waals surface area contributed by atoms with E-state index in [2.05, 4.69) is 4.98 Å². The number of rotatable bonds is 6. The Bertz CT molecular complexity index is 506. The van der Waals surface area contributed by atoms with Gasteiger partial charge in [0.25, 0.3) is 0 Å². The van der Waals surface area contributed by atoms with Crippen molar-refractivity contribution < 1.29 is 14.2 Å². The molecule has 4 nitrogen and oxygen atoms in total. The standard InChI is InChI=1S/C13H17NO3S/c1-4-16-13(17-5-2)12-14-10-7-6-9(15-3)8-11(10)18-12/h6-8,13H,4-5H2,1-3H3. The van der Waals surface area contributed by atoms with E-state index in [0.29, 0.717) is 13.2 Å². The molecule has 0 fully saturated rings. The van der Waals surface area contributed by atoms with Crippen LogP contribution < -0.4 is 4.74 Å². The summed E-state index contributed by atoms with van der Waals surface area (Å²) >= 11 is 1.57. The summed E-state index contributed by atoms with van der Waals surface area (Å²) in [4.78, 5) is 4.54. The van der Waals surface area contributed by atoms with Gasteiger partial charge in [-0.3, -0.25) is 0 Å². The summed E-state index contributed by atoms with van der Waals surface area (Å²) in [5.74, 6) is 0.835. The molecule has 0 unspecified atom stereocenters. The lowest BCUT2D eigenvalue weighted by atomic mass is 10.3. The third-order valence-electron chi connectivity index (χ3n) is 2.45. The Labute approximate surface area is 111 Å². The minimum Gasteiger partial charge on any atom is -0.497 e. The fourth-order valence-electron chi connectivity index (χ4n) is 1.64. The van der Waals surface area contributed by atoms with E-state index in [0.717, 1.165) is 21.0 Å². The second-order valence-corrected chi connectivity index (χ2v) is 4.69. The number of hydrogen-bond acceptors (Lipinski definition) is 5. The highest BCUT2D eigenvalue weighted by Crippen LogP contribution is 2.31. The Kier molecular flexibility index (Phi) is 4.52. The number of fused-ring (bicyclic) bond motifs is 1. The molecule has 0 aliphatic carbocycles. The lowest BCUT2D eigenvalue weighted by Gasteiger charge is -2.13. The molecule has 0 saturated heterocycles. The summed E-state index contributed by atoms with van der Waals surface area (Å²) in [7, 11) is 1.66. The first kappa shape index (κ1) is 13.3. The van der Waals surface area contributed by atoms with Crippen molar-refractivity contribution in [3.63, 3.8) is 0 Å². The maximum atomic E-state index is 5.55. The van der Waals surface area contributed by atoms with Crippen LogP contribution in [0.1, 0.15) is 25.1 Å². The molecular weight excluding hydrogens is 250 g/mol. The van der Waals surface area contributed by atoms with Crippen molar-refractivity contribution in [3.8, 4) is 5.75 Å². The minimum atomic E-state index is -0.372. The molecule has 0 radical (unpaired) electrons. The summed E-state index contributed by atoms with van der Waals surface area (Å²) in [6, 6.07) is 5.83. The van der Waals surface area contributed by atoms with Crippen molar-refractivity contribution >= 4 is 21.6 Å². The molecule has 0 saturated carbocycles. The minimum absolute atomic E-state index is 0.372. The van der Waals surface area contributed by atoms with Gasteiger partial charge in [-0.2, -0.15) is 0 Å². The zero-order valence-corrected chi connectivity index (χ0v) is 11.6. The fourth-order valence-corrected chi connectivity index (χ4v) is 2.64. The van der Waals surface area contributed by atoms with Crippen molar-refractivity contribution in [1.82, 2.24) is 4.98 Å². The van der Waals surface area contributed by atoms with Crippen LogP contribution in [0.25, 0.3) is 10.2 Å². The first-order valence-electron chi connectivity index (χ1n) is 5.96. The number of nitrogens with zero attached hydrogens (tertiary/aromatic N) is 1. The maximum absolute atomic E-state index is 5.55. The van der Waals surface area contributed by atoms with Gasteiger partial charge in [0, 0.05) is 13.2 Å². The average molecular weight is 267 g/mol. The predicted molar refractivity (Wildman–Crippen MR) is 72.2 cm³/mol. The van der Waals surface area contributed by atoms with Crippen LogP contribution in [0.15, 0.2) is 18.2 Å². The molecule has 0 bridgehead atoms. The van der Waals surface area contributed by atoms with Crippen molar-refractivity contribution in [2.75, 3.05) is 20.3 Å². The molecule has 1 aromatic carbocycles. The van der Waals surface area contributed by atoms with Gasteiger partial charge in [0.05, 0.1) is 17.3 Å². The summed E-state index contributed by atoms with van der Waals surface area (Å²) in [5, 5.41) is 0.849. The van der Waals surface area contributed by atoms with Gasteiger partial charge in [-0.25, -0.2) is 4.98 Å². The quantitative estimate of drug-likeness (QED) is 0.752.